The highest BCUT2D eigenvalue weighted by atomic mass is 15.1. The fourth-order valence-electron chi connectivity index (χ4n) is 1.32. The SMILES string of the molecule is C=CCN(CCN)Cc1ccccn1. The molecule has 14 heavy (non-hydrogen) atoms. The average Bonchev–Trinajstić information content (AvgIpc) is 2.20. The lowest BCUT2D eigenvalue weighted by Crippen LogP contribution is -2.29. The third-order valence-electron chi connectivity index (χ3n) is 1.94. The van der Waals surface area contributed by atoms with Crippen LogP contribution < -0.4 is 5.73 Å². The second-order valence-electron chi connectivity index (χ2n) is 3.13. The molecule has 0 radical (unpaired) electrons. The minimum absolute atomic E-state index is 0.667. The van der Waals surface area contributed by atoms with E-state index in [1.165, 1.54) is 0 Å². The zero-order valence-corrected chi connectivity index (χ0v) is 8.39. The van der Waals surface area contributed by atoms with Gasteiger partial charge in [0.15, 0.2) is 0 Å². The molecule has 1 rings (SSSR count). The van der Waals surface area contributed by atoms with Crippen LogP contribution in [0.4, 0.5) is 0 Å². The molecule has 0 bridgehead atoms. The summed E-state index contributed by atoms with van der Waals surface area (Å²) in [5.74, 6) is 0. The molecular weight excluding hydrogens is 174 g/mol. The highest BCUT2D eigenvalue weighted by Crippen LogP contribution is 1.99. The maximum atomic E-state index is 5.52. The fraction of sp³-hybridized carbons (Fsp3) is 0.364. The van der Waals surface area contributed by atoms with Crippen molar-refractivity contribution in [1.82, 2.24) is 9.88 Å². The maximum Gasteiger partial charge on any atom is 0.0544 e. The Balaban J connectivity index is 2.50. The number of nitrogens with zero attached hydrogens (tertiary/aromatic N) is 2. The molecule has 0 amide bonds. The molecule has 3 heteroatoms. The van der Waals surface area contributed by atoms with E-state index >= 15 is 0 Å². The van der Waals surface area contributed by atoms with Crippen LogP contribution in [-0.2, 0) is 6.54 Å². The van der Waals surface area contributed by atoms with Gasteiger partial charge in [-0.15, -0.1) is 6.58 Å². The summed E-state index contributed by atoms with van der Waals surface area (Å²) < 4.78 is 0. The third-order valence-corrected chi connectivity index (χ3v) is 1.94. The largest absolute Gasteiger partial charge is 0.329 e. The van der Waals surface area contributed by atoms with E-state index in [2.05, 4.69) is 16.5 Å². The molecule has 1 heterocycles. The Morgan fingerprint density at radius 1 is 1.50 bits per heavy atom. The third kappa shape index (κ3) is 3.68. The van der Waals surface area contributed by atoms with Gasteiger partial charge in [-0.2, -0.15) is 0 Å². The van der Waals surface area contributed by atoms with Crippen LogP contribution in [0.1, 0.15) is 5.69 Å². The zero-order valence-electron chi connectivity index (χ0n) is 8.39. The lowest BCUT2D eigenvalue weighted by Gasteiger charge is -2.18. The summed E-state index contributed by atoms with van der Waals surface area (Å²) in [6.07, 6.45) is 3.70. The normalized spacial score (nSPS) is 10.4. The number of pyridine rings is 1. The standard InChI is InChI=1S/C11H17N3/c1-2-8-14(9-6-12)10-11-5-3-4-7-13-11/h2-5,7H,1,6,8-10,12H2. The summed E-state index contributed by atoms with van der Waals surface area (Å²) in [6, 6.07) is 5.94. The van der Waals surface area contributed by atoms with Gasteiger partial charge in [-0.3, -0.25) is 9.88 Å². The van der Waals surface area contributed by atoms with E-state index in [-0.39, 0.29) is 0 Å². The molecule has 0 aliphatic heterocycles. The predicted molar refractivity (Wildman–Crippen MR) is 58.8 cm³/mol. The quantitative estimate of drug-likeness (QED) is 0.683. The van der Waals surface area contributed by atoms with Gasteiger partial charge in [-0.25, -0.2) is 0 Å². The summed E-state index contributed by atoms with van der Waals surface area (Å²) >= 11 is 0. The molecule has 2 N–H and O–H groups in total. The molecule has 1 aromatic rings. The van der Waals surface area contributed by atoms with E-state index in [0.29, 0.717) is 6.54 Å². The van der Waals surface area contributed by atoms with Crippen molar-refractivity contribution in [1.29, 1.82) is 0 Å². The lowest BCUT2D eigenvalue weighted by atomic mass is 10.3. The predicted octanol–water partition coefficient (Wildman–Crippen LogP) is 1.03. The van der Waals surface area contributed by atoms with Crippen LogP contribution in [0.2, 0.25) is 0 Å². The molecule has 0 saturated heterocycles. The molecule has 3 nitrogen and oxygen atoms in total. The molecular formula is C11H17N3. The summed E-state index contributed by atoms with van der Waals surface area (Å²) in [4.78, 5) is 6.48. The van der Waals surface area contributed by atoms with Crippen molar-refractivity contribution in [2.24, 2.45) is 5.73 Å². The van der Waals surface area contributed by atoms with Gasteiger partial charge in [0, 0.05) is 32.4 Å². The van der Waals surface area contributed by atoms with Gasteiger partial charge in [-0.1, -0.05) is 12.1 Å². The van der Waals surface area contributed by atoms with Crippen LogP contribution in [-0.4, -0.2) is 29.5 Å². The van der Waals surface area contributed by atoms with Crippen molar-refractivity contribution in [3.63, 3.8) is 0 Å². The van der Waals surface area contributed by atoms with E-state index in [9.17, 15) is 0 Å². The Morgan fingerprint density at radius 3 is 2.93 bits per heavy atom. The van der Waals surface area contributed by atoms with Crippen LogP contribution in [0, 0.1) is 0 Å². The first-order chi connectivity index (χ1) is 6.86. The first-order valence-electron chi connectivity index (χ1n) is 4.80. The Kier molecular flexibility index (Phi) is 4.89. The van der Waals surface area contributed by atoms with Gasteiger partial charge in [0.05, 0.1) is 5.69 Å². The summed E-state index contributed by atoms with van der Waals surface area (Å²) in [7, 11) is 0. The smallest absolute Gasteiger partial charge is 0.0544 e. The minimum atomic E-state index is 0.667. The molecule has 0 aromatic carbocycles. The van der Waals surface area contributed by atoms with Crippen molar-refractivity contribution in [2.45, 2.75) is 6.54 Å². The van der Waals surface area contributed by atoms with E-state index in [4.69, 9.17) is 5.73 Å². The van der Waals surface area contributed by atoms with Crippen LogP contribution >= 0.6 is 0 Å². The number of rotatable bonds is 6. The van der Waals surface area contributed by atoms with Crippen molar-refractivity contribution >= 4 is 0 Å². The van der Waals surface area contributed by atoms with Crippen LogP contribution in [0.25, 0.3) is 0 Å². The molecule has 0 spiro atoms. The van der Waals surface area contributed by atoms with E-state index in [1.54, 1.807) is 0 Å². The summed E-state index contributed by atoms with van der Waals surface area (Å²) in [5, 5.41) is 0. The zero-order chi connectivity index (χ0) is 10.2. The Bertz CT molecular complexity index is 258. The molecule has 0 atom stereocenters. The second kappa shape index (κ2) is 6.29. The van der Waals surface area contributed by atoms with Gasteiger partial charge < -0.3 is 5.73 Å². The molecule has 0 saturated carbocycles. The highest BCUT2D eigenvalue weighted by molar-refractivity contribution is 5.03. The average molecular weight is 191 g/mol. The van der Waals surface area contributed by atoms with Gasteiger partial charge in [-0.05, 0) is 12.1 Å². The van der Waals surface area contributed by atoms with Crippen molar-refractivity contribution < 1.29 is 0 Å². The van der Waals surface area contributed by atoms with E-state index in [0.717, 1.165) is 25.3 Å². The highest BCUT2D eigenvalue weighted by Gasteiger charge is 2.02. The van der Waals surface area contributed by atoms with Crippen molar-refractivity contribution in [2.75, 3.05) is 19.6 Å². The second-order valence-corrected chi connectivity index (χ2v) is 3.13. The first kappa shape index (κ1) is 10.9. The Labute approximate surface area is 85.3 Å². The molecule has 0 aliphatic carbocycles. The summed E-state index contributed by atoms with van der Waals surface area (Å²) in [6.45, 7) is 6.96. The fourth-order valence-corrected chi connectivity index (χ4v) is 1.32. The lowest BCUT2D eigenvalue weighted by molar-refractivity contribution is 0.299. The van der Waals surface area contributed by atoms with Gasteiger partial charge in [0.2, 0.25) is 0 Å². The molecule has 76 valence electrons. The monoisotopic (exact) mass is 191 g/mol. The number of hydrogen-bond acceptors (Lipinski definition) is 3. The van der Waals surface area contributed by atoms with Crippen LogP contribution in [0.15, 0.2) is 37.1 Å². The topological polar surface area (TPSA) is 42.1 Å². The van der Waals surface area contributed by atoms with E-state index < -0.39 is 0 Å². The number of aromatic nitrogens is 1. The number of nitrogens with two attached hydrogens (primary N) is 1. The summed E-state index contributed by atoms with van der Waals surface area (Å²) in [5.41, 5.74) is 6.59. The van der Waals surface area contributed by atoms with Crippen LogP contribution in [0.3, 0.4) is 0 Å². The molecule has 0 fully saturated rings. The Morgan fingerprint density at radius 2 is 2.36 bits per heavy atom. The number of hydrogen-bond donors (Lipinski definition) is 1. The van der Waals surface area contributed by atoms with Crippen molar-refractivity contribution in [3.8, 4) is 0 Å². The van der Waals surface area contributed by atoms with Crippen LogP contribution in [0.5, 0.6) is 0 Å². The van der Waals surface area contributed by atoms with Gasteiger partial charge in [0.1, 0.15) is 0 Å². The molecule has 0 unspecified atom stereocenters. The molecule has 0 aliphatic rings. The van der Waals surface area contributed by atoms with E-state index in [1.807, 2.05) is 30.5 Å². The van der Waals surface area contributed by atoms with Gasteiger partial charge >= 0.3 is 0 Å². The first-order valence-corrected chi connectivity index (χ1v) is 4.80. The Hall–Kier alpha value is -1.19. The maximum absolute atomic E-state index is 5.52. The van der Waals surface area contributed by atoms with Gasteiger partial charge in [0.25, 0.3) is 0 Å². The van der Waals surface area contributed by atoms with Crippen molar-refractivity contribution in [3.05, 3.63) is 42.7 Å². The molecule has 1 aromatic heterocycles. The minimum Gasteiger partial charge on any atom is -0.329 e.